The van der Waals surface area contributed by atoms with E-state index in [9.17, 15) is 0 Å². The van der Waals surface area contributed by atoms with Crippen LogP contribution in [0.5, 0.6) is 0 Å². The Kier molecular flexibility index (Phi) is 3.72. The molecule has 0 bridgehead atoms. The minimum atomic E-state index is 0.677. The number of benzene rings is 1. The summed E-state index contributed by atoms with van der Waals surface area (Å²) >= 11 is 6.15. The monoisotopic (exact) mass is 238 g/mol. The fourth-order valence-corrected chi connectivity index (χ4v) is 2.52. The summed E-state index contributed by atoms with van der Waals surface area (Å²) in [6.07, 6.45) is 2.42. The Morgan fingerprint density at radius 3 is 2.62 bits per heavy atom. The molecule has 0 radical (unpaired) electrons. The highest BCUT2D eigenvalue weighted by Crippen LogP contribution is 2.28. The lowest BCUT2D eigenvalue weighted by atomic mass is 10.0. The molecule has 88 valence electrons. The van der Waals surface area contributed by atoms with Gasteiger partial charge in [0.25, 0.3) is 0 Å². The van der Waals surface area contributed by atoms with E-state index in [1.165, 1.54) is 24.1 Å². The van der Waals surface area contributed by atoms with Crippen LogP contribution in [0.1, 0.15) is 18.4 Å². The van der Waals surface area contributed by atoms with E-state index in [0.29, 0.717) is 6.04 Å². The molecule has 0 unspecified atom stereocenters. The number of rotatable bonds is 2. The second-order valence-corrected chi connectivity index (χ2v) is 4.84. The Balaban J connectivity index is 2.11. The van der Waals surface area contributed by atoms with Gasteiger partial charge in [-0.15, -0.1) is 0 Å². The molecule has 1 N–H and O–H groups in total. The van der Waals surface area contributed by atoms with Crippen LogP contribution in [0.2, 0.25) is 5.02 Å². The van der Waals surface area contributed by atoms with E-state index < -0.39 is 0 Å². The van der Waals surface area contributed by atoms with E-state index in [1.54, 1.807) is 0 Å². The zero-order valence-corrected chi connectivity index (χ0v) is 10.7. The Bertz CT molecular complexity index is 357. The molecule has 1 heterocycles. The van der Waals surface area contributed by atoms with Crippen LogP contribution >= 0.6 is 11.6 Å². The maximum atomic E-state index is 6.15. The molecule has 1 aromatic carbocycles. The normalized spacial score (nSPS) is 17.8. The minimum absolute atomic E-state index is 0.677. The average molecular weight is 239 g/mol. The molecule has 1 aromatic rings. The van der Waals surface area contributed by atoms with Gasteiger partial charge < -0.3 is 10.2 Å². The van der Waals surface area contributed by atoms with Gasteiger partial charge in [0.2, 0.25) is 0 Å². The Morgan fingerprint density at radius 1 is 1.31 bits per heavy atom. The molecular formula is C13H19ClN2. The summed E-state index contributed by atoms with van der Waals surface area (Å²) in [4.78, 5) is 2.44. The topological polar surface area (TPSA) is 15.3 Å². The third kappa shape index (κ3) is 2.33. The van der Waals surface area contributed by atoms with Crippen LogP contribution in [-0.4, -0.2) is 26.2 Å². The second-order valence-electron chi connectivity index (χ2n) is 4.43. The Hall–Kier alpha value is -0.730. The van der Waals surface area contributed by atoms with Crippen LogP contribution in [0.15, 0.2) is 18.2 Å². The van der Waals surface area contributed by atoms with Crippen molar-refractivity contribution in [2.45, 2.75) is 25.8 Å². The van der Waals surface area contributed by atoms with Crippen LogP contribution in [0.3, 0.4) is 0 Å². The quantitative estimate of drug-likeness (QED) is 0.853. The van der Waals surface area contributed by atoms with Gasteiger partial charge in [-0.2, -0.15) is 0 Å². The predicted octanol–water partition coefficient (Wildman–Crippen LogP) is 2.84. The number of halogens is 1. The molecule has 2 nitrogen and oxygen atoms in total. The van der Waals surface area contributed by atoms with Crippen molar-refractivity contribution in [2.75, 3.05) is 25.0 Å². The molecule has 0 aromatic heterocycles. The van der Waals surface area contributed by atoms with Gasteiger partial charge >= 0.3 is 0 Å². The lowest BCUT2D eigenvalue weighted by Gasteiger charge is -2.34. The third-order valence-corrected chi connectivity index (χ3v) is 3.89. The maximum Gasteiger partial charge on any atom is 0.0455 e. The van der Waals surface area contributed by atoms with Crippen molar-refractivity contribution in [3.8, 4) is 0 Å². The van der Waals surface area contributed by atoms with Crippen LogP contribution in [0.4, 0.5) is 5.69 Å². The van der Waals surface area contributed by atoms with Crippen molar-refractivity contribution >= 4 is 17.3 Å². The van der Waals surface area contributed by atoms with Gasteiger partial charge in [0.05, 0.1) is 0 Å². The SMILES string of the molecule is CNC1CCN(c2cccc(Cl)c2C)CC1. The van der Waals surface area contributed by atoms with Gasteiger partial charge in [0, 0.05) is 29.8 Å². The summed E-state index contributed by atoms with van der Waals surface area (Å²) in [5, 5.41) is 4.22. The summed E-state index contributed by atoms with van der Waals surface area (Å²) in [7, 11) is 2.05. The summed E-state index contributed by atoms with van der Waals surface area (Å²) in [6.45, 7) is 4.33. The molecule has 1 saturated heterocycles. The van der Waals surface area contributed by atoms with E-state index in [1.807, 2.05) is 19.2 Å². The average Bonchev–Trinajstić information content (AvgIpc) is 2.33. The molecule has 0 saturated carbocycles. The van der Waals surface area contributed by atoms with E-state index in [4.69, 9.17) is 11.6 Å². The molecular weight excluding hydrogens is 220 g/mol. The molecule has 1 aliphatic rings. The number of piperidine rings is 1. The first kappa shape index (κ1) is 11.7. The van der Waals surface area contributed by atoms with E-state index >= 15 is 0 Å². The van der Waals surface area contributed by atoms with Crippen molar-refractivity contribution in [1.82, 2.24) is 5.32 Å². The van der Waals surface area contributed by atoms with Crippen molar-refractivity contribution in [1.29, 1.82) is 0 Å². The third-order valence-electron chi connectivity index (χ3n) is 3.48. The first-order valence-corrected chi connectivity index (χ1v) is 6.27. The summed E-state index contributed by atoms with van der Waals surface area (Å²) < 4.78 is 0. The molecule has 0 aliphatic carbocycles. The van der Waals surface area contributed by atoms with E-state index in [-0.39, 0.29) is 0 Å². The molecule has 1 fully saturated rings. The largest absolute Gasteiger partial charge is 0.371 e. The molecule has 2 rings (SSSR count). The lowest BCUT2D eigenvalue weighted by molar-refractivity contribution is 0.442. The van der Waals surface area contributed by atoms with Crippen LogP contribution < -0.4 is 10.2 Å². The Morgan fingerprint density at radius 2 is 2.00 bits per heavy atom. The van der Waals surface area contributed by atoms with Gasteiger partial charge in [-0.25, -0.2) is 0 Å². The van der Waals surface area contributed by atoms with Crippen molar-refractivity contribution in [3.05, 3.63) is 28.8 Å². The number of nitrogens with zero attached hydrogens (tertiary/aromatic N) is 1. The molecule has 0 spiro atoms. The predicted molar refractivity (Wildman–Crippen MR) is 70.5 cm³/mol. The van der Waals surface area contributed by atoms with Gasteiger partial charge in [0.15, 0.2) is 0 Å². The van der Waals surface area contributed by atoms with Gasteiger partial charge in [-0.1, -0.05) is 17.7 Å². The summed E-state index contributed by atoms with van der Waals surface area (Å²) in [5.41, 5.74) is 2.49. The smallest absolute Gasteiger partial charge is 0.0455 e. The van der Waals surface area contributed by atoms with Gasteiger partial charge in [-0.3, -0.25) is 0 Å². The molecule has 0 amide bonds. The molecule has 0 atom stereocenters. The fourth-order valence-electron chi connectivity index (χ4n) is 2.35. The summed E-state index contributed by atoms with van der Waals surface area (Å²) in [6, 6.07) is 6.84. The van der Waals surface area contributed by atoms with Crippen LogP contribution in [0.25, 0.3) is 0 Å². The van der Waals surface area contributed by atoms with Crippen LogP contribution in [0, 0.1) is 6.92 Å². The highest BCUT2D eigenvalue weighted by atomic mass is 35.5. The molecule has 3 heteroatoms. The first-order valence-electron chi connectivity index (χ1n) is 5.89. The van der Waals surface area contributed by atoms with Gasteiger partial charge in [-0.05, 0) is 44.5 Å². The first-order chi connectivity index (χ1) is 7.72. The van der Waals surface area contributed by atoms with Crippen molar-refractivity contribution in [2.24, 2.45) is 0 Å². The zero-order chi connectivity index (χ0) is 11.5. The van der Waals surface area contributed by atoms with E-state index in [0.717, 1.165) is 18.1 Å². The summed E-state index contributed by atoms with van der Waals surface area (Å²) in [5.74, 6) is 0. The zero-order valence-electron chi connectivity index (χ0n) is 9.96. The second kappa shape index (κ2) is 5.07. The van der Waals surface area contributed by atoms with E-state index in [2.05, 4.69) is 23.2 Å². The molecule has 1 aliphatic heterocycles. The maximum absolute atomic E-state index is 6.15. The van der Waals surface area contributed by atoms with Crippen molar-refractivity contribution in [3.63, 3.8) is 0 Å². The minimum Gasteiger partial charge on any atom is -0.371 e. The lowest BCUT2D eigenvalue weighted by Crippen LogP contribution is -2.41. The number of hydrogen-bond donors (Lipinski definition) is 1. The molecule has 16 heavy (non-hydrogen) atoms. The van der Waals surface area contributed by atoms with Crippen LogP contribution in [-0.2, 0) is 0 Å². The van der Waals surface area contributed by atoms with Crippen molar-refractivity contribution < 1.29 is 0 Å². The number of nitrogens with one attached hydrogen (secondary N) is 1. The van der Waals surface area contributed by atoms with Gasteiger partial charge in [0.1, 0.15) is 0 Å². The fraction of sp³-hybridized carbons (Fsp3) is 0.538. The Labute approximate surface area is 103 Å². The number of anilines is 1. The number of hydrogen-bond acceptors (Lipinski definition) is 2. The standard InChI is InChI=1S/C13H19ClN2/c1-10-12(14)4-3-5-13(10)16-8-6-11(15-2)7-9-16/h3-5,11,15H,6-9H2,1-2H3. The highest BCUT2D eigenvalue weighted by Gasteiger charge is 2.19. The highest BCUT2D eigenvalue weighted by molar-refractivity contribution is 6.31.